The molecule has 1 saturated heterocycles. The fourth-order valence-electron chi connectivity index (χ4n) is 1.54. The topological polar surface area (TPSA) is 49.5 Å². The second-order valence-electron chi connectivity index (χ2n) is 3.49. The summed E-state index contributed by atoms with van der Waals surface area (Å²) in [5, 5.41) is 8.97. The summed E-state index contributed by atoms with van der Waals surface area (Å²) >= 11 is 0. The Kier molecular flexibility index (Phi) is 3.30. The summed E-state index contributed by atoms with van der Waals surface area (Å²) in [5.74, 6) is 0.319. The van der Waals surface area contributed by atoms with Gasteiger partial charge in [-0.05, 0) is 38.9 Å². The Bertz CT molecular complexity index is 119. The van der Waals surface area contributed by atoms with Crippen LogP contribution >= 0.6 is 0 Å². The molecule has 11 heavy (non-hydrogen) atoms. The van der Waals surface area contributed by atoms with E-state index in [1.165, 1.54) is 0 Å². The minimum Gasteiger partial charge on any atom is -0.396 e. The molecule has 0 aliphatic carbocycles. The lowest BCUT2D eigenvalue weighted by Gasteiger charge is -2.17. The number of aliphatic hydroxyl groups excluding tert-OH is 1. The van der Waals surface area contributed by atoms with E-state index in [1.54, 1.807) is 0 Å². The minimum atomic E-state index is 0.199. The Hall–Kier alpha value is -0.120. The summed E-state index contributed by atoms with van der Waals surface area (Å²) in [6.45, 7) is 2.38. The van der Waals surface area contributed by atoms with Gasteiger partial charge in [-0.2, -0.15) is 0 Å². The third-order valence-electron chi connectivity index (χ3n) is 2.57. The Morgan fingerprint density at radius 3 is 2.73 bits per heavy atom. The molecule has 2 unspecified atom stereocenters. The van der Waals surface area contributed by atoms with Crippen LogP contribution in [0, 0.1) is 5.92 Å². The molecule has 1 fully saturated rings. The molecule has 0 aromatic heterocycles. The third kappa shape index (κ3) is 2.43. The molecule has 0 aromatic rings. The van der Waals surface area contributed by atoms with Crippen LogP contribution in [0.1, 0.15) is 12.8 Å². The largest absolute Gasteiger partial charge is 0.396 e. The number of nitrogens with two attached hydrogens (primary N) is 1. The van der Waals surface area contributed by atoms with Crippen LogP contribution in [-0.2, 0) is 0 Å². The molecule has 3 N–H and O–H groups in total. The molecule has 0 amide bonds. The predicted molar refractivity (Wildman–Crippen MR) is 45.3 cm³/mol. The minimum absolute atomic E-state index is 0.199. The molecule has 1 aliphatic rings. The maximum Gasteiger partial charge on any atom is 0.0474 e. The molecule has 0 bridgehead atoms. The van der Waals surface area contributed by atoms with Gasteiger partial charge in [0.25, 0.3) is 0 Å². The molecule has 0 aromatic carbocycles. The van der Waals surface area contributed by atoms with E-state index < -0.39 is 0 Å². The molecule has 0 spiro atoms. The van der Waals surface area contributed by atoms with E-state index in [0.29, 0.717) is 5.92 Å². The molecular weight excluding hydrogens is 140 g/mol. The van der Waals surface area contributed by atoms with Gasteiger partial charge in [0.2, 0.25) is 0 Å². The normalized spacial score (nSPS) is 35.2. The lowest BCUT2D eigenvalue weighted by Crippen LogP contribution is -2.32. The first-order valence-corrected chi connectivity index (χ1v) is 4.29. The Morgan fingerprint density at radius 2 is 2.09 bits per heavy atom. The van der Waals surface area contributed by atoms with Gasteiger partial charge in [0.15, 0.2) is 0 Å². The molecule has 66 valence electrons. The monoisotopic (exact) mass is 158 g/mol. The van der Waals surface area contributed by atoms with Crippen LogP contribution in [0.2, 0.25) is 0 Å². The first-order chi connectivity index (χ1) is 5.24. The van der Waals surface area contributed by atoms with Crippen molar-refractivity contribution in [2.45, 2.75) is 18.9 Å². The van der Waals surface area contributed by atoms with Crippen molar-refractivity contribution in [2.24, 2.45) is 11.7 Å². The molecular formula is C8H18N2O. The van der Waals surface area contributed by atoms with Crippen LogP contribution in [-0.4, -0.2) is 42.8 Å². The van der Waals surface area contributed by atoms with Crippen molar-refractivity contribution in [1.82, 2.24) is 4.90 Å². The van der Waals surface area contributed by atoms with Gasteiger partial charge < -0.3 is 15.7 Å². The van der Waals surface area contributed by atoms with E-state index in [1.807, 2.05) is 0 Å². The van der Waals surface area contributed by atoms with E-state index in [9.17, 15) is 0 Å². The summed E-state index contributed by atoms with van der Waals surface area (Å²) in [6, 6.07) is 0.199. The smallest absolute Gasteiger partial charge is 0.0474 e. The number of hydrogen-bond acceptors (Lipinski definition) is 3. The van der Waals surface area contributed by atoms with Gasteiger partial charge in [0.1, 0.15) is 0 Å². The summed E-state index contributed by atoms with van der Waals surface area (Å²) < 4.78 is 0. The molecule has 3 nitrogen and oxygen atoms in total. The molecule has 3 heteroatoms. The van der Waals surface area contributed by atoms with Gasteiger partial charge >= 0.3 is 0 Å². The first-order valence-electron chi connectivity index (χ1n) is 4.29. The summed E-state index contributed by atoms with van der Waals surface area (Å²) in [7, 11) is 2.10. The van der Waals surface area contributed by atoms with E-state index in [-0.39, 0.29) is 12.6 Å². The van der Waals surface area contributed by atoms with Gasteiger partial charge in [-0.25, -0.2) is 0 Å². The van der Waals surface area contributed by atoms with E-state index in [2.05, 4.69) is 11.9 Å². The lowest BCUT2D eigenvalue weighted by atomic mass is 9.97. The van der Waals surface area contributed by atoms with Crippen molar-refractivity contribution in [3.05, 3.63) is 0 Å². The quantitative estimate of drug-likeness (QED) is 0.548. The van der Waals surface area contributed by atoms with Gasteiger partial charge in [-0.15, -0.1) is 0 Å². The maximum absolute atomic E-state index is 8.97. The molecule has 0 saturated carbocycles. The van der Waals surface area contributed by atoms with Crippen LogP contribution in [0.4, 0.5) is 0 Å². The van der Waals surface area contributed by atoms with Crippen LogP contribution < -0.4 is 5.73 Å². The van der Waals surface area contributed by atoms with Crippen molar-refractivity contribution in [1.29, 1.82) is 0 Å². The standard InChI is InChI=1S/C8H18N2O/c1-10-4-2-7(6-11)8(9)3-5-10/h7-8,11H,2-6,9H2,1H3. The second kappa shape index (κ2) is 4.04. The van der Waals surface area contributed by atoms with Crippen LogP contribution in [0.5, 0.6) is 0 Å². The molecule has 1 rings (SSSR count). The average molecular weight is 158 g/mol. The van der Waals surface area contributed by atoms with Crippen molar-refractivity contribution < 1.29 is 5.11 Å². The fourth-order valence-corrected chi connectivity index (χ4v) is 1.54. The van der Waals surface area contributed by atoms with Crippen LogP contribution in [0.25, 0.3) is 0 Å². The van der Waals surface area contributed by atoms with E-state index >= 15 is 0 Å². The van der Waals surface area contributed by atoms with Gasteiger partial charge in [0, 0.05) is 12.6 Å². The zero-order valence-electron chi connectivity index (χ0n) is 7.16. The fraction of sp³-hybridized carbons (Fsp3) is 1.00. The van der Waals surface area contributed by atoms with Crippen molar-refractivity contribution in [3.8, 4) is 0 Å². The number of aliphatic hydroxyl groups is 1. The van der Waals surface area contributed by atoms with Crippen molar-refractivity contribution in [2.75, 3.05) is 26.7 Å². The van der Waals surface area contributed by atoms with Gasteiger partial charge in [-0.1, -0.05) is 0 Å². The molecule has 2 atom stereocenters. The maximum atomic E-state index is 8.97. The van der Waals surface area contributed by atoms with Crippen LogP contribution in [0.15, 0.2) is 0 Å². The number of hydrogen-bond donors (Lipinski definition) is 2. The van der Waals surface area contributed by atoms with Crippen molar-refractivity contribution in [3.63, 3.8) is 0 Å². The summed E-state index contributed by atoms with van der Waals surface area (Å²) in [5.41, 5.74) is 5.87. The Labute approximate surface area is 68.2 Å². The number of nitrogens with zero attached hydrogens (tertiary/aromatic N) is 1. The number of rotatable bonds is 1. The van der Waals surface area contributed by atoms with Crippen LogP contribution in [0.3, 0.4) is 0 Å². The average Bonchev–Trinajstić information content (AvgIpc) is 2.15. The Morgan fingerprint density at radius 1 is 1.45 bits per heavy atom. The zero-order valence-corrected chi connectivity index (χ0v) is 7.16. The highest BCUT2D eigenvalue weighted by molar-refractivity contribution is 4.77. The first kappa shape index (κ1) is 8.97. The van der Waals surface area contributed by atoms with E-state index in [0.717, 1.165) is 25.9 Å². The number of likely N-dealkylation sites (tertiary alicyclic amines) is 1. The van der Waals surface area contributed by atoms with Gasteiger partial charge in [-0.3, -0.25) is 0 Å². The molecule has 1 aliphatic heterocycles. The van der Waals surface area contributed by atoms with Gasteiger partial charge in [0.05, 0.1) is 0 Å². The highest BCUT2D eigenvalue weighted by Gasteiger charge is 2.20. The zero-order chi connectivity index (χ0) is 8.27. The summed E-state index contributed by atoms with van der Waals surface area (Å²) in [6.07, 6.45) is 2.05. The molecule has 0 radical (unpaired) electrons. The lowest BCUT2D eigenvalue weighted by molar-refractivity contribution is 0.198. The van der Waals surface area contributed by atoms with E-state index in [4.69, 9.17) is 10.8 Å². The SMILES string of the molecule is CN1CCC(N)C(CO)CC1. The summed E-state index contributed by atoms with van der Waals surface area (Å²) in [4.78, 5) is 2.27. The molecule has 1 heterocycles. The van der Waals surface area contributed by atoms with Crippen molar-refractivity contribution >= 4 is 0 Å². The Balaban J connectivity index is 2.41. The third-order valence-corrected chi connectivity index (χ3v) is 2.57. The highest BCUT2D eigenvalue weighted by Crippen LogP contribution is 2.14. The highest BCUT2D eigenvalue weighted by atomic mass is 16.3. The second-order valence-corrected chi connectivity index (χ2v) is 3.49. The predicted octanol–water partition coefficient (Wildman–Crippen LogP) is -0.352.